The zero-order chi connectivity index (χ0) is 14.3. The van der Waals surface area contributed by atoms with Crippen molar-refractivity contribution in [2.24, 2.45) is 7.05 Å². The van der Waals surface area contributed by atoms with Crippen molar-refractivity contribution in [3.05, 3.63) is 57.8 Å². The van der Waals surface area contributed by atoms with Crippen LogP contribution in [0, 0.1) is 29.1 Å². The van der Waals surface area contributed by atoms with Crippen LogP contribution in [0.25, 0.3) is 11.1 Å². The lowest BCUT2D eigenvalue weighted by molar-refractivity contribution is 0.381. The van der Waals surface area contributed by atoms with Gasteiger partial charge in [0.1, 0.15) is 0 Å². The van der Waals surface area contributed by atoms with E-state index >= 15 is 0 Å². The molecule has 0 bridgehead atoms. The fourth-order valence-electron chi connectivity index (χ4n) is 1.60. The molecule has 0 fully saturated rings. The molecule has 0 N–H and O–H groups in total. The van der Waals surface area contributed by atoms with Crippen LogP contribution in [0.3, 0.4) is 0 Å². The van der Waals surface area contributed by atoms with Crippen molar-refractivity contribution < 1.29 is 22.0 Å². The topological polar surface area (TPSA) is 22.0 Å². The molecule has 1 aromatic heterocycles. The van der Waals surface area contributed by atoms with E-state index in [0.29, 0.717) is 0 Å². The zero-order valence-electron chi connectivity index (χ0n) is 9.48. The molecule has 1 heterocycles. The molecular formula is C12H6F5NO. The molecule has 0 radical (unpaired) electrons. The lowest BCUT2D eigenvalue weighted by atomic mass is 10.1. The predicted octanol–water partition coefficient (Wildman–Crippen LogP) is 2.75. The van der Waals surface area contributed by atoms with E-state index in [4.69, 9.17) is 0 Å². The molecule has 2 nitrogen and oxygen atoms in total. The molecule has 0 aliphatic heterocycles. The van der Waals surface area contributed by atoms with Crippen molar-refractivity contribution in [1.82, 2.24) is 4.57 Å². The molecule has 2 rings (SSSR count). The largest absolute Gasteiger partial charge is 0.318 e. The number of halogens is 5. The van der Waals surface area contributed by atoms with Gasteiger partial charge in [0.25, 0.3) is 0 Å². The van der Waals surface area contributed by atoms with Gasteiger partial charge in [0, 0.05) is 24.9 Å². The number of hydrogen-bond donors (Lipinski definition) is 0. The van der Waals surface area contributed by atoms with E-state index in [1.807, 2.05) is 0 Å². The minimum absolute atomic E-state index is 0.282. The van der Waals surface area contributed by atoms with Crippen LogP contribution in [0.4, 0.5) is 22.0 Å². The first-order valence-corrected chi connectivity index (χ1v) is 5.03. The van der Waals surface area contributed by atoms with Crippen molar-refractivity contribution in [3.63, 3.8) is 0 Å². The Morgan fingerprint density at radius 2 is 1.32 bits per heavy atom. The van der Waals surface area contributed by atoms with Gasteiger partial charge in [-0.1, -0.05) is 0 Å². The van der Waals surface area contributed by atoms with Gasteiger partial charge >= 0.3 is 0 Å². The molecule has 0 aliphatic rings. The second-order valence-corrected chi connectivity index (χ2v) is 3.81. The van der Waals surface area contributed by atoms with Crippen molar-refractivity contribution in [3.8, 4) is 11.1 Å². The SMILES string of the molecule is Cn1cc(-c2c(F)c(F)c(F)c(F)c2F)ccc1=O. The second-order valence-electron chi connectivity index (χ2n) is 3.81. The van der Waals surface area contributed by atoms with Gasteiger partial charge in [-0.05, 0) is 6.07 Å². The third-order valence-electron chi connectivity index (χ3n) is 2.58. The van der Waals surface area contributed by atoms with Gasteiger partial charge in [0.15, 0.2) is 23.3 Å². The number of aromatic nitrogens is 1. The lowest BCUT2D eigenvalue weighted by Gasteiger charge is -2.09. The molecule has 0 unspecified atom stereocenters. The Bertz CT molecular complexity index is 694. The third-order valence-corrected chi connectivity index (χ3v) is 2.58. The molecule has 19 heavy (non-hydrogen) atoms. The van der Waals surface area contributed by atoms with Gasteiger partial charge in [-0.15, -0.1) is 0 Å². The first kappa shape index (κ1) is 13.3. The van der Waals surface area contributed by atoms with Gasteiger partial charge < -0.3 is 4.57 Å². The summed E-state index contributed by atoms with van der Waals surface area (Å²) in [5.41, 5.74) is -1.82. The minimum Gasteiger partial charge on any atom is -0.318 e. The Balaban J connectivity index is 2.82. The van der Waals surface area contributed by atoms with Crippen LogP contribution >= 0.6 is 0 Å². The molecule has 0 saturated carbocycles. The molecule has 0 atom stereocenters. The fourth-order valence-corrected chi connectivity index (χ4v) is 1.60. The predicted molar refractivity (Wildman–Crippen MR) is 56.9 cm³/mol. The van der Waals surface area contributed by atoms with Crippen LogP contribution in [-0.4, -0.2) is 4.57 Å². The molecule has 0 aliphatic carbocycles. The van der Waals surface area contributed by atoms with E-state index in [0.717, 1.165) is 22.9 Å². The Morgan fingerprint density at radius 1 is 0.842 bits per heavy atom. The monoisotopic (exact) mass is 275 g/mol. The van der Waals surface area contributed by atoms with Crippen LogP contribution in [-0.2, 0) is 7.05 Å². The summed E-state index contributed by atoms with van der Waals surface area (Å²) in [4.78, 5) is 11.1. The summed E-state index contributed by atoms with van der Waals surface area (Å²) in [5.74, 6) is -10.1. The minimum atomic E-state index is -2.22. The fraction of sp³-hybridized carbons (Fsp3) is 0.0833. The number of aryl methyl sites for hydroxylation is 1. The highest BCUT2D eigenvalue weighted by atomic mass is 19.2. The lowest BCUT2D eigenvalue weighted by Crippen LogP contribution is -2.14. The van der Waals surface area contributed by atoms with Crippen molar-refractivity contribution >= 4 is 0 Å². The van der Waals surface area contributed by atoms with Crippen LogP contribution in [0.2, 0.25) is 0 Å². The van der Waals surface area contributed by atoms with Gasteiger partial charge in [-0.2, -0.15) is 0 Å². The molecule has 0 spiro atoms. The first-order valence-electron chi connectivity index (χ1n) is 5.03. The number of rotatable bonds is 1. The van der Waals surface area contributed by atoms with E-state index in [1.165, 1.54) is 7.05 Å². The summed E-state index contributed by atoms with van der Waals surface area (Å²) >= 11 is 0. The van der Waals surface area contributed by atoms with E-state index in [1.54, 1.807) is 0 Å². The second kappa shape index (κ2) is 4.49. The summed E-state index contributed by atoms with van der Waals surface area (Å²) in [5, 5.41) is 0. The quantitative estimate of drug-likeness (QED) is 0.445. The highest BCUT2D eigenvalue weighted by molar-refractivity contribution is 5.64. The van der Waals surface area contributed by atoms with Gasteiger partial charge in [-0.3, -0.25) is 4.79 Å². The highest BCUT2D eigenvalue weighted by Crippen LogP contribution is 2.30. The van der Waals surface area contributed by atoms with Crippen molar-refractivity contribution in [2.75, 3.05) is 0 Å². The third kappa shape index (κ3) is 2.00. The molecule has 7 heteroatoms. The summed E-state index contributed by atoms with van der Waals surface area (Å²) < 4.78 is 66.9. The van der Waals surface area contributed by atoms with Crippen LogP contribution in [0.5, 0.6) is 0 Å². The van der Waals surface area contributed by atoms with E-state index in [2.05, 4.69) is 0 Å². The molecule has 0 saturated heterocycles. The van der Waals surface area contributed by atoms with Crippen molar-refractivity contribution in [2.45, 2.75) is 0 Å². The number of pyridine rings is 1. The summed E-state index contributed by atoms with van der Waals surface area (Å²) in [6.07, 6.45) is 0.987. The van der Waals surface area contributed by atoms with E-state index in [-0.39, 0.29) is 5.56 Å². The maximum atomic E-state index is 13.5. The summed E-state index contributed by atoms with van der Waals surface area (Å²) in [6, 6.07) is 1.95. The summed E-state index contributed by atoms with van der Waals surface area (Å²) in [6.45, 7) is 0. The van der Waals surface area contributed by atoms with Gasteiger partial charge in [0.2, 0.25) is 11.4 Å². The standard InChI is InChI=1S/C12H6F5NO/c1-18-4-5(2-3-6(18)19)7-8(13)10(15)12(17)11(16)9(7)14/h2-4H,1H3. The van der Waals surface area contributed by atoms with Crippen molar-refractivity contribution in [1.29, 1.82) is 0 Å². The Kier molecular flexibility index (Phi) is 3.13. The van der Waals surface area contributed by atoms with Gasteiger partial charge in [-0.25, -0.2) is 22.0 Å². The number of benzene rings is 1. The van der Waals surface area contributed by atoms with Crippen LogP contribution in [0.15, 0.2) is 23.1 Å². The smallest absolute Gasteiger partial charge is 0.250 e. The molecule has 0 amide bonds. The average molecular weight is 275 g/mol. The Labute approximate surface area is 103 Å². The Hall–Kier alpha value is -2.18. The van der Waals surface area contributed by atoms with E-state index in [9.17, 15) is 26.7 Å². The first-order chi connectivity index (χ1) is 8.84. The molecular weight excluding hydrogens is 269 g/mol. The number of hydrogen-bond acceptors (Lipinski definition) is 1. The van der Waals surface area contributed by atoms with Gasteiger partial charge in [0.05, 0.1) is 5.56 Å². The summed E-state index contributed by atoms with van der Waals surface area (Å²) in [7, 11) is 1.29. The Morgan fingerprint density at radius 3 is 1.79 bits per heavy atom. The molecule has 2 aromatic rings. The van der Waals surface area contributed by atoms with Crippen LogP contribution < -0.4 is 5.56 Å². The normalized spacial score (nSPS) is 10.8. The average Bonchev–Trinajstić information content (AvgIpc) is 2.38. The highest BCUT2D eigenvalue weighted by Gasteiger charge is 2.26. The molecule has 100 valence electrons. The van der Waals surface area contributed by atoms with Crippen LogP contribution in [0.1, 0.15) is 0 Å². The maximum Gasteiger partial charge on any atom is 0.250 e. The number of nitrogens with zero attached hydrogens (tertiary/aromatic N) is 1. The molecule has 1 aromatic carbocycles. The zero-order valence-corrected chi connectivity index (χ0v) is 9.48. The van der Waals surface area contributed by atoms with E-state index < -0.39 is 40.2 Å². The maximum absolute atomic E-state index is 13.5.